The lowest BCUT2D eigenvalue weighted by Gasteiger charge is -2.16. The van der Waals surface area contributed by atoms with Gasteiger partial charge in [0.05, 0.1) is 0 Å². The van der Waals surface area contributed by atoms with Crippen molar-refractivity contribution in [3.05, 3.63) is 0 Å². The van der Waals surface area contributed by atoms with E-state index in [-0.39, 0.29) is 17.5 Å². The Hall–Kier alpha value is 0.1000. The monoisotopic (exact) mass is 253 g/mol. The lowest BCUT2D eigenvalue weighted by molar-refractivity contribution is -0.0327. The molecule has 1 nitrogen and oxygen atoms in total. The standard InChI is InChI=1S/C11H18F3NS/c12-11(13,14)16-6-5-15-7-10(8-1-2-8)9-3-4-9/h8-10,15H,1-7H2. The third-order valence-electron chi connectivity index (χ3n) is 3.38. The minimum atomic E-state index is -4.08. The van der Waals surface area contributed by atoms with Crippen LogP contribution >= 0.6 is 11.8 Å². The highest BCUT2D eigenvalue weighted by molar-refractivity contribution is 8.00. The van der Waals surface area contributed by atoms with E-state index in [0.29, 0.717) is 6.54 Å². The molecule has 5 heteroatoms. The maximum atomic E-state index is 11.9. The highest BCUT2D eigenvalue weighted by Gasteiger charge is 2.40. The second-order valence-corrected chi connectivity index (χ2v) is 6.00. The fourth-order valence-corrected chi connectivity index (χ4v) is 2.75. The van der Waals surface area contributed by atoms with Crippen LogP contribution in [0.1, 0.15) is 25.7 Å². The van der Waals surface area contributed by atoms with E-state index in [1.54, 1.807) is 0 Å². The van der Waals surface area contributed by atoms with E-state index in [4.69, 9.17) is 0 Å². The van der Waals surface area contributed by atoms with Crippen LogP contribution in [0.5, 0.6) is 0 Å². The van der Waals surface area contributed by atoms with Gasteiger partial charge in [0.25, 0.3) is 0 Å². The highest BCUT2D eigenvalue weighted by atomic mass is 32.2. The van der Waals surface area contributed by atoms with Crippen LogP contribution in [0, 0.1) is 17.8 Å². The van der Waals surface area contributed by atoms with E-state index >= 15 is 0 Å². The molecule has 0 aromatic rings. The molecule has 94 valence electrons. The first-order chi connectivity index (χ1) is 7.56. The van der Waals surface area contributed by atoms with E-state index in [0.717, 1.165) is 24.3 Å². The Morgan fingerprint density at radius 3 is 2.12 bits per heavy atom. The van der Waals surface area contributed by atoms with Gasteiger partial charge >= 0.3 is 5.51 Å². The summed E-state index contributed by atoms with van der Waals surface area (Å²) in [5.74, 6) is 2.62. The molecule has 2 aliphatic carbocycles. The SMILES string of the molecule is FC(F)(F)SCCNCC(C1CC1)C1CC1. The number of thioether (sulfide) groups is 1. The number of rotatable bonds is 7. The first-order valence-corrected chi connectivity index (χ1v) is 6.96. The summed E-state index contributed by atoms with van der Waals surface area (Å²) in [6, 6.07) is 0. The molecule has 0 aliphatic heterocycles. The molecule has 0 aromatic heterocycles. The zero-order valence-electron chi connectivity index (χ0n) is 9.22. The van der Waals surface area contributed by atoms with Crippen LogP contribution in [0.2, 0.25) is 0 Å². The third-order valence-corrected chi connectivity index (χ3v) is 4.12. The van der Waals surface area contributed by atoms with Gasteiger partial charge in [-0.15, -0.1) is 0 Å². The molecule has 0 aromatic carbocycles. The number of hydrogen-bond acceptors (Lipinski definition) is 2. The van der Waals surface area contributed by atoms with Crippen LogP contribution in [0.25, 0.3) is 0 Å². The second kappa shape index (κ2) is 5.17. The first kappa shape index (κ1) is 12.6. The van der Waals surface area contributed by atoms with Crippen LogP contribution in [0.15, 0.2) is 0 Å². The smallest absolute Gasteiger partial charge is 0.316 e. The van der Waals surface area contributed by atoms with E-state index in [9.17, 15) is 13.2 Å². The van der Waals surface area contributed by atoms with Gasteiger partial charge in [-0.05, 0) is 61.7 Å². The molecule has 0 amide bonds. The lowest BCUT2D eigenvalue weighted by atomic mass is 9.98. The van der Waals surface area contributed by atoms with Crippen molar-refractivity contribution in [2.45, 2.75) is 31.2 Å². The molecule has 0 bridgehead atoms. The average molecular weight is 253 g/mol. The van der Waals surface area contributed by atoms with Gasteiger partial charge in [0.15, 0.2) is 0 Å². The summed E-state index contributed by atoms with van der Waals surface area (Å²) >= 11 is 0.0708. The normalized spacial score (nSPS) is 21.8. The number of alkyl halides is 3. The zero-order valence-corrected chi connectivity index (χ0v) is 10.0. The molecule has 2 aliphatic rings. The summed E-state index contributed by atoms with van der Waals surface area (Å²) in [5.41, 5.74) is -4.08. The van der Waals surface area contributed by atoms with Gasteiger partial charge in [0.1, 0.15) is 0 Å². The van der Waals surface area contributed by atoms with Gasteiger partial charge in [-0.25, -0.2) is 0 Å². The molecular formula is C11H18F3NS. The third kappa shape index (κ3) is 4.53. The minimum absolute atomic E-state index is 0.0708. The Balaban J connectivity index is 1.53. The summed E-state index contributed by atoms with van der Waals surface area (Å²) in [5, 5.41) is 3.18. The van der Waals surface area contributed by atoms with Crippen molar-refractivity contribution >= 4 is 11.8 Å². The van der Waals surface area contributed by atoms with Gasteiger partial charge in [-0.3, -0.25) is 0 Å². The summed E-state index contributed by atoms with van der Waals surface area (Å²) < 4.78 is 35.6. The number of hydrogen-bond donors (Lipinski definition) is 1. The van der Waals surface area contributed by atoms with Crippen molar-refractivity contribution in [2.75, 3.05) is 18.8 Å². The number of nitrogens with one attached hydrogen (secondary N) is 1. The molecule has 0 atom stereocenters. The van der Waals surface area contributed by atoms with Crippen LogP contribution in [0.4, 0.5) is 13.2 Å². The minimum Gasteiger partial charge on any atom is -0.316 e. The predicted molar refractivity (Wildman–Crippen MR) is 60.3 cm³/mol. The molecule has 0 heterocycles. The number of halogens is 3. The van der Waals surface area contributed by atoms with Crippen molar-refractivity contribution < 1.29 is 13.2 Å². The van der Waals surface area contributed by atoms with E-state index in [2.05, 4.69) is 5.32 Å². The van der Waals surface area contributed by atoms with Crippen molar-refractivity contribution in [3.8, 4) is 0 Å². The molecule has 1 N–H and O–H groups in total. The van der Waals surface area contributed by atoms with Crippen molar-refractivity contribution in [1.29, 1.82) is 0 Å². The largest absolute Gasteiger partial charge is 0.441 e. The molecule has 0 unspecified atom stereocenters. The molecule has 0 spiro atoms. The quantitative estimate of drug-likeness (QED) is 0.699. The van der Waals surface area contributed by atoms with Crippen molar-refractivity contribution in [2.24, 2.45) is 17.8 Å². The molecule has 16 heavy (non-hydrogen) atoms. The van der Waals surface area contributed by atoms with Crippen LogP contribution in [-0.4, -0.2) is 24.4 Å². The fourth-order valence-electron chi connectivity index (χ4n) is 2.27. The Morgan fingerprint density at radius 1 is 1.12 bits per heavy atom. The Labute approximate surface area is 98.5 Å². The van der Waals surface area contributed by atoms with Gasteiger partial charge in [0.2, 0.25) is 0 Å². The second-order valence-electron chi connectivity index (χ2n) is 4.84. The Kier molecular flexibility index (Phi) is 4.06. The average Bonchev–Trinajstić information content (AvgIpc) is 2.98. The van der Waals surface area contributed by atoms with Crippen LogP contribution in [-0.2, 0) is 0 Å². The van der Waals surface area contributed by atoms with E-state index in [1.807, 2.05) is 0 Å². The molecule has 2 fully saturated rings. The van der Waals surface area contributed by atoms with E-state index < -0.39 is 5.51 Å². The van der Waals surface area contributed by atoms with Gasteiger partial charge < -0.3 is 5.32 Å². The molecule has 2 saturated carbocycles. The van der Waals surface area contributed by atoms with Crippen molar-refractivity contribution in [1.82, 2.24) is 5.32 Å². The Bertz CT molecular complexity index is 212. The maximum absolute atomic E-state index is 11.9. The van der Waals surface area contributed by atoms with Crippen LogP contribution in [0.3, 0.4) is 0 Å². The molecule has 2 rings (SSSR count). The zero-order chi connectivity index (χ0) is 11.6. The van der Waals surface area contributed by atoms with Gasteiger partial charge in [-0.2, -0.15) is 13.2 Å². The molecular weight excluding hydrogens is 235 g/mol. The van der Waals surface area contributed by atoms with Gasteiger partial charge in [0, 0.05) is 12.3 Å². The summed E-state index contributed by atoms with van der Waals surface area (Å²) in [4.78, 5) is 0. The summed E-state index contributed by atoms with van der Waals surface area (Å²) in [6.45, 7) is 1.40. The maximum Gasteiger partial charge on any atom is 0.441 e. The molecule has 0 saturated heterocycles. The van der Waals surface area contributed by atoms with Crippen molar-refractivity contribution in [3.63, 3.8) is 0 Å². The van der Waals surface area contributed by atoms with E-state index in [1.165, 1.54) is 25.7 Å². The lowest BCUT2D eigenvalue weighted by Crippen LogP contribution is -2.27. The summed E-state index contributed by atoms with van der Waals surface area (Å²) in [7, 11) is 0. The summed E-state index contributed by atoms with van der Waals surface area (Å²) in [6.07, 6.45) is 5.33. The topological polar surface area (TPSA) is 12.0 Å². The van der Waals surface area contributed by atoms with Crippen LogP contribution < -0.4 is 5.32 Å². The fraction of sp³-hybridized carbons (Fsp3) is 1.00. The van der Waals surface area contributed by atoms with Gasteiger partial charge in [-0.1, -0.05) is 0 Å². The molecule has 0 radical (unpaired) electrons. The Morgan fingerprint density at radius 2 is 1.69 bits per heavy atom. The highest BCUT2D eigenvalue weighted by Crippen LogP contribution is 2.48. The first-order valence-electron chi connectivity index (χ1n) is 5.97. The predicted octanol–water partition coefficient (Wildman–Crippen LogP) is 3.27.